The fourth-order valence-electron chi connectivity index (χ4n) is 3.08. The molecule has 0 atom stereocenters. The number of nitro benzene ring substituents is 1. The molecule has 0 radical (unpaired) electrons. The van der Waals surface area contributed by atoms with Crippen molar-refractivity contribution < 1.29 is 24.0 Å². The Balaban J connectivity index is 1.57. The molecular weight excluding hydrogens is 496 g/mol. The van der Waals surface area contributed by atoms with E-state index in [2.05, 4.69) is 0 Å². The minimum absolute atomic E-state index is 0.0759. The van der Waals surface area contributed by atoms with Crippen molar-refractivity contribution in [2.45, 2.75) is 6.92 Å². The van der Waals surface area contributed by atoms with Crippen LogP contribution >= 0.6 is 35.3 Å². The third-order valence-corrected chi connectivity index (χ3v) is 6.75. The SMILES string of the molecule is CCOc1cc(C=C2SC(=S)N(c3ccc([N+](=O)[O-])cc3)C2=O)ccc1OC(=O)c1cccs1. The Labute approximate surface area is 207 Å². The summed E-state index contributed by atoms with van der Waals surface area (Å²) in [5.74, 6) is -0.175. The van der Waals surface area contributed by atoms with Gasteiger partial charge in [-0.15, -0.1) is 11.3 Å². The molecule has 0 N–H and O–H groups in total. The number of ether oxygens (including phenoxy) is 2. The van der Waals surface area contributed by atoms with Crippen molar-refractivity contribution in [2.24, 2.45) is 0 Å². The molecule has 0 spiro atoms. The topological polar surface area (TPSA) is 99.0 Å². The lowest BCUT2D eigenvalue weighted by molar-refractivity contribution is -0.384. The van der Waals surface area contributed by atoms with Crippen LogP contribution in [-0.4, -0.2) is 27.7 Å². The van der Waals surface area contributed by atoms with Gasteiger partial charge in [-0.2, -0.15) is 0 Å². The number of carbonyl (C=O) groups is 2. The van der Waals surface area contributed by atoms with E-state index in [-0.39, 0.29) is 17.3 Å². The van der Waals surface area contributed by atoms with Crippen molar-refractivity contribution in [3.63, 3.8) is 0 Å². The average molecular weight is 513 g/mol. The monoisotopic (exact) mass is 512 g/mol. The van der Waals surface area contributed by atoms with Crippen LogP contribution in [0, 0.1) is 10.1 Å². The Kier molecular flexibility index (Phi) is 7.06. The molecule has 2 aromatic carbocycles. The van der Waals surface area contributed by atoms with Gasteiger partial charge in [-0.25, -0.2) is 4.79 Å². The van der Waals surface area contributed by atoms with Crippen LogP contribution in [0.4, 0.5) is 11.4 Å². The molecule has 0 unspecified atom stereocenters. The highest BCUT2D eigenvalue weighted by atomic mass is 32.2. The van der Waals surface area contributed by atoms with E-state index in [1.54, 1.807) is 41.8 Å². The molecule has 1 amide bonds. The zero-order chi connectivity index (χ0) is 24.2. The van der Waals surface area contributed by atoms with Crippen LogP contribution in [0.5, 0.6) is 11.5 Å². The standard InChI is InChI=1S/C23H16N2O6S3/c1-2-30-18-12-14(5-10-17(18)31-22(27)19-4-3-11-33-19)13-20-21(26)24(23(32)34-20)15-6-8-16(9-7-15)25(28)29/h3-13H,2H2,1H3. The number of thiophene rings is 1. The number of hydrogen-bond acceptors (Lipinski definition) is 9. The van der Waals surface area contributed by atoms with Gasteiger partial charge in [0.05, 0.1) is 22.1 Å². The van der Waals surface area contributed by atoms with Gasteiger partial charge >= 0.3 is 5.97 Å². The molecule has 8 nitrogen and oxygen atoms in total. The van der Waals surface area contributed by atoms with E-state index < -0.39 is 10.9 Å². The maximum absolute atomic E-state index is 13.0. The molecule has 4 rings (SSSR count). The van der Waals surface area contributed by atoms with Gasteiger partial charge in [0.1, 0.15) is 4.88 Å². The molecule has 0 bridgehead atoms. The molecule has 1 aromatic heterocycles. The molecule has 1 saturated heterocycles. The Morgan fingerprint density at radius 2 is 1.94 bits per heavy atom. The number of carbonyl (C=O) groups excluding carboxylic acids is 2. The van der Waals surface area contributed by atoms with E-state index in [4.69, 9.17) is 21.7 Å². The van der Waals surface area contributed by atoms with E-state index in [9.17, 15) is 19.7 Å². The first-order valence-corrected chi connectivity index (χ1v) is 12.0. The lowest BCUT2D eigenvalue weighted by Gasteiger charge is -2.14. The first kappa shape index (κ1) is 23.6. The third-order valence-electron chi connectivity index (χ3n) is 4.60. The fraction of sp³-hybridized carbons (Fsp3) is 0.0870. The van der Waals surface area contributed by atoms with E-state index in [0.717, 1.165) is 11.8 Å². The number of nitrogens with zero attached hydrogens (tertiary/aromatic N) is 2. The van der Waals surface area contributed by atoms with Crippen molar-refractivity contribution in [3.05, 3.63) is 85.4 Å². The molecule has 2 heterocycles. The fourth-order valence-corrected chi connectivity index (χ4v) is 4.97. The number of benzene rings is 2. The number of anilines is 1. The van der Waals surface area contributed by atoms with Gasteiger partial charge in [0.2, 0.25) is 0 Å². The van der Waals surface area contributed by atoms with Crippen molar-refractivity contribution in [1.29, 1.82) is 0 Å². The molecule has 0 aliphatic carbocycles. The van der Waals surface area contributed by atoms with Crippen LogP contribution < -0.4 is 14.4 Å². The summed E-state index contributed by atoms with van der Waals surface area (Å²) >= 11 is 7.77. The van der Waals surface area contributed by atoms with Crippen molar-refractivity contribution in [2.75, 3.05) is 11.5 Å². The number of nitro groups is 1. The molecule has 172 valence electrons. The lowest BCUT2D eigenvalue weighted by Crippen LogP contribution is -2.27. The summed E-state index contributed by atoms with van der Waals surface area (Å²) in [6.07, 6.45) is 1.66. The van der Waals surface area contributed by atoms with E-state index in [0.29, 0.717) is 37.7 Å². The summed E-state index contributed by atoms with van der Waals surface area (Å²) in [6.45, 7) is 2.17. The minimum Gasteiger partial charge on any atom is -0.490 e. The van der Waals surface area contributed by atoms with Crippen LogP contribution in [0.15, 0.2) is 64.9 Å². The Bertz CT molecular complexity index is 1300. The highest BCUT2D eigenvalue weighted by Gasteiger charge is 2.33. The summed E-state index contributed by atoms with van der Waals surface area (Å²) in [4.78, 5) is 37.9. The number of esters is 1. The van der Waals surface area contributed by atoms with Gasteiger partial charge in [-0.05, 0) is 54.3 Å². The largest absolute Gasteiger partial charge is 0.490 e. The molecular formula is C23H16N2O6S3. The van der Waals surface area contributed by atoms with Crippen LogP contribution in [-0.2, 0) is 4.79 Å². The normalized spacial score (nSPS) is 14.5. The maximum Gasteiger partial charge on any atom is 0.353 e. The highest BCUT2D eigenvalue weighted by Crippen LogP contribution is 2.38. The van der Waals surface area contributed by atoms with Gasteiger partial charge in [0.25, 0.3) is 11.6 Å². The Morgan fingerprint density at radius 1 is 1.18 bits per heavy atom. The van der Waals surface area contributed by atoms with Gasteiger partial charge in [-0.1, -0.05) is 36.1 Å². The number of thiocarbonyl (C=S) groups is 1. The van der Waals surface area contributed by atoms with E-state index >= 15 is 0 Å². The highest BCUT2D eigenvalue weighted by molar-refractivity contribution is 8.27. The van der Waals surface area contributed by atoms with Gasteiger partial charge in [0, 0.05) is 12.1 Å². The van der Waals surface area contributed by atoms with Crippen LogP contribution in [0.25, 0.3) is 6.08 Å². The first-order valence-electron chi connectivity index (χ1n) is 9.92. The van der Waals surface area contributed by atoms with Crippen molar-refractivity contribution in [1.82, 2.24) is 0 Å². The summed E-state index contributed by atoms with van der Waals surface area (Å²) in [5.41, 5.74) is 1.03. The molecule has 3 aromatic rings. The molecule has 11 heteroatoms. The number of non-ortho nitro benzene ring substituents is 1. The zero-order valence-electron chi connectivity index (χ0n) is 17.6. The summed E-state index contributed by atoms with van der Waals surface area (Å²) in [5, 5.41) is 12.7. The molecule has 1 aliphatic rings. The van der Waals surface area contributed by atoms with Crippen LogP contribution in [0.3, 0.4) is 0 Å². The number of hydrogen-bond donors (Lipinski definition) is 0. The summed E-state index contributed by atoms with van der Waals surface area (Å²) in [7, 11) is 0. The van der Waals surface area contributed by atoms with Crippen LogP contribution in [0.1, 0.15) is 22.2 Å². The lowest BCUT2D eigenvalue weighted by atomic mass is 10.1. The van der Waals surface area contributed by atoms with Crippen LogP contribution in [0.2, 0.25) is 0 Å². The molecule has 0 saturated carbocycles. The average Bonchev–Trinajstić information content (AvgIpc) is 3.44. The second-order valence-electron chi connectivity index (χ2n) is 6.80. The zero-order valence-corrected chi connectivity index (χ0v) is 20.1. The second-order valence-corrected chi connectivity index (χ2v) is 9.42. The smallest absolute Gasteiger partial charge is 0.353 e. The predicted molar refractivity (Wildman–Crippen MR) is 136 cm³/mol. The molecule has 34 heavy (non-hydrogen) atoms. The third kappa shape index (κ3) is 5.01. The minimum atomic E-state index is -0.509. The number of thioether (sulfide) groups is 1. The van der Waals surface area contributed by atoms with Gasteiger partial charge in [0.15, 0.2) is 15.8 Å². The first-order chi connectivity index (χ1) is 16.4. The maximum atomic E-state index is 13.0. The number of rotatable bonds is 7. The number of amides is 1. The van der Waals surface area contributed by atoms with Crippen molar-refractivity contribution in [3.8, 4) is 11.5 Å². The van der Waals surface area contributed by atoms with E-state index in [1.165, 1.54) is 40.5 Å². The second kappa shape index (κ2) is 10.2. The molecule has 1 aliphatic heterocycles. The quantitative estimate of drug-likeness (QED) is 0.0996. The van der Waals surface area contributed by atoms with Crippen molar-refractivity contribution >= 4 is 69.0 Å². The Morgan fingerprint density at radius 3 is 2.59 bits per heavy atom. The summed E-state index contributed by atoms with van der Waals surface area (Å²) in [6, 6.07) is 14.0. The van der Waals surface area contributed by atoms with Gasteiger partial charge in [-0.3, -0.25) is 19.8 Å². The molecule has 1 fully saturated rings. The summed E-state index contributed by atoms with van der Waals surface area (Å²) < 4.78 is 11.4. The Hall–Kier alpha value is -3.54. The predicted octanol–water partition coefficient (Wildman–Crippen LogP) is 5.68. The van der Waals surface area contributed by atoms with E-state index in [1.807, 2.05) is 6.92 Å². The van der Waals surface area contributed by atoms with Gasteiger partial charge < -0.3 is 9.47 Å².